The molecule has 4 nitrogen and oxygen atoms in total. The first kappa shape index (κ1) is 16.9. The number of hydrogen-bond donors (Lipinski definition) is 1. The maximum absolute atomic E-state index is 13.0. The largest absolute Gasteiger partial charge is 0.346 e. The van der Waals surface area contributed by atoms with Crippen LogP contribution in [0.5, 0.6) is 0 Å². The van der Waals surface area contributed by atoms with Crippen molar-refractivity contribution in [1.82, 2.24) is 14.9 Å². The van der Waals surface area contributed by atoms with Crippen LogP contribution in [0.3, 0.4) is 0 Å². The summed E-state index contributed by atoms with van der Waals surface area (Å²) in [5, 5.41) is 1.14. The van der Waals surface area contributed by atoms with Gasteiger partial charge in [0.05, 0.1) is 5.56 Å². The topological polar surface area (TPSA) is 49.0 Å². The third kappa shape index (κ3) is 3.15. The monoisotopic (exact) mass is 363 g/mol. The van der Waals surface area contributed by atoms with E-state index in [4.69, 9.17) is 0 Å². The van der Waals surface area contributed by atoms with Gasteiger partial charge in [-0.15, -0.1) is 11.8 Å². The van der Waals surface area contributed by atoms with Gasteiger partial charge >= 0.3 is 0 Å². The fourth-order valence-electron chi connectivity index (χ4n) is 3.41. The van der Waals surface area contributed by atoms with Crippen molar-refractivity contribution in [3.63, 3.8) is 0 Å². The molecule has 1 amide bonds. The van der Waals surface area contributed by atoms with Crippen LogP contribution in [0.15, 0.2) is 59.8 Å². The molecule has 0 fully saturated rings. The lowest BCUT2D eigenvalue weighted by Gasteiger charge is -2.27. The molecular formula is C21H21N3OS. The van der Waals surface area contributed by atoms with Crippen LogP contribution in [0.25, 0.3) is 16.6 Å². The Morgan fingerprint density at radius 1 is 1.27 bits per heavy atom. The molecule has 5 heteroatoms. The summed E-state index contributed by atoms with van der Waals surface area (Å²) in [4.78, 5) is 23.6. The molecule has 0 aliphatic carbocycles. The van der Waals surface area contributed by atoms with E-state index in [1.807, 2.05) is 41.4 Å². The zero-order valence-electron chi connectivity index (χ0n) is 14.7. The van der Waals surface area contributed by atoms with Crippen molar-refractivity contribution in [2.24, 2.45) is 0 Å². The number of thioether (sulfide) groups is 1. The first-order valence-electron chi connectivity index (χ1n) is 8.90. The highest BCUT2D eigenvalue weighted by atomic mass is 32.2. The number of fused-ring (bicyclic) bond motifs is 1. The lowest BCUT2D eigenvalue weighted by molar-refractivity contribution is 0.0769. The van der Waals surface area contributed by atoms with E-state index >= 15 is 0 Å². The van der Waals surface area contributed by atoms with E-state index in [-0.39, 0.29) is 5.91 Å². The number of amides is 1. The van der Waals surface area contributed by atoms with Gasteiger partial charge in [-0.2, -0.15) is 0 Å². The highest BCUT2D eigenvalue weighted by molar-refractivity contribution is 7.99. The standard InChI is InChI=1S/C21H21N3OS/c1-2-26-19-8-4-3-6-17(19)21(25)24-12-9-15(10-13-24)18-14-23-20-16(18)7-5-11-22-20/h3-9,11,14H,2,10,12-13H2,1H3,(H,22,23). The van der Waals surface area contributed by atoms with Crippen molar-refractivity contribution in [3.8, 4) is 0 Å². The van der Waals surface area contributed by atoms with Crippen molar-refractivity contribution < 1.29 is 4.79 Å². The molecule has 0 atom stereocenters. The van der Waals surface area contributed by atoms with Crippen LogP contribution in [0.4, 0.5) is 0 Å². The number of carbonyl (C=O) groups is 1. The number of hydrogen-bond acceptors (Lipinski definition) is 3. The molecule has 1 N–H and O–H groups in total. The number of pyridine rings is 1. The van der Waals surface area contributed by atoms with Gasteiger partial charge in [0, 0.05) is 41.3 Å². The molecule has 1 aliphatic heterocycles. The van der Waals surface area contributed by atoms with Crippen LogP contribution in [0, 0.1) is 0 Å². The van der Waals surface area contributed by atoms with E-state index in [1.54, 1.807) is 18.0 Å². The molecule has 3 heterocycles. The average Bonchev–Trinajstić information content (AvgIpc) is 3.12. The van der Waals surface area contributed by atoms with Gasteiger partial charge in [-0.1, -0.05) is 25.1 Å². The van der Waals surface area contributed by atoms with E-state index < -0.39 is 0 Å². The molecular weight excluding hydrogens is 342 g/mol. The molecule has 0 saturated carbocycles. The summed E-state index contributed by atoms with van der Waals surface area (Å²) in [6.07, 6.45) is 6.85. The minimum absolute atomic E-state index is 0.123. The maximum atomic E-state index is 13.0. The molecule has 0 saturated heterocycles. The molecule has 0 spiro atoms. The second-order valence-corrected chi connectivity index (χ2v) is 7.57. The van der Waals surface area contributed by atoms with E-state index in [2.05, 4.69) is 29.0 Å². The van der Waals surface area contributed by atoms with E-state index in [0.29, 0.717) is 6.54 Å². The van der Waals surface area contributed by atoms with Gasteiger partial charge in [-0.05, 0) is 42.0 Å². The van der Waals surface area contributed by atoms with Crippen molar-refractivity contribution in [2.45, 2.75) is 18.2 Å². The number of H-pyrrole nitrogens is 1. The third-order valence-electron chi connectivity index (χ3n) is 4.71. The summed E-state index contributed by atoms with van der Waals surface area (Å²) in [6.45, 7) is 3.49. The summed E-state index contributed by atoms with van der Waals surface area (Å²) in [5.41, 5.74) is 4.20. The Morgan fingerprint density at radius 3 is 2.96 bits per heavy atom. The lowest BCUT2D eigenvalue weighted by Crippen LogP contribution is -2.34. The molecule has 0 bridgehead atoms. The van der Waals surface area contributed by atoms with Crippen LogP contribution >= 0.6 is 11.8 Å². The van der Waals surface area contributed by atoms with Crippen molar-refractivity contribution in [3.05, 3.63) is 66.0 Å². The Hall–Kier alpha value is -2.53. The van der Waals surface area contributed by atoms with E-state index in [1.165, 1.54) is 11.1 Å². The number of rotatable bonds is 4. The maximum Gasteiger partial charge on any atom is 0.255 e. The zero-order chi connectivity index (χ0) is 17.9. The lowest BCUT2D eigenvalue weighted by atomic mass is 9.99. The van der Waals surface area contributed by atoms with E-state index in [0.717, 1.165) is 40.2 Å². The quantitative estimate of drug-likeness (QED) is 0.689. The Bertz CT molecular complexity index is 976. The van der Waals surface area contributed by atoms with Gasteiger partial charge in [0.1, 0.15) is 5.65 Å². The first-order chi connectivity index (χ1) is 12.8. The van der Waals surface area contributed by atoms with Crippen LogP contribution in [0.1, 0.15) is 29.3 Å². The average molecular weight is 363 g/mol. The number of benzene rings is 1. The molecule has 0 unspecified atom stereocenters. The number of nitrogens with one attached hydrogen (secondary N) is 1. The Morgan fingerprint density at radius 2 is 2.15 bits per heavy atom. The van der Waals surface area contributed by atoms with Crippen LogP contribution in [-0.4, -0.2) is 39.6 Å². The van der Waals surface area contributed by atoms with Crippen molar-refractivity contribution >= 4 is 34.3 Å². The molecule has 1 aromatic carbocycles. The molecule has 2 aromatic heterocycles. The highest BCUT2D eigenvalue weighted by Crippen LogP contribution is 2.30. The van der Waals surface area contributed by atoms with Crippen LogP contribution in [-0.2, 0) is 0 Å². The normalized spacial score (nSPS) is 14.5. The number of nitrogens with zero attached hydrogens (tertiary/aromatic N) is 2. The summed E-state index contributed by atoms with van der Waals surface area (Å²) >= 11 is 1.72. The van der Waals surface area contributed by atoms with Crippen LogP contribution < -0.4 is 0 Å². The Labute approximate surface area is 157 Å². The molecule has 0 radical (unpaired) electrons. The predicted molar refractivity (Wildman–Crippen MR) is 107 cm³/mol. The second kappa shape index (κ2) is 7.38. The first-order valence-corrected chi connectivity index (χ1v) is 9.89. The molecule has 132 valence electrons. The molecule has 3 aromatic rings. The molecule has 1 aliphatic rings. The van der Waals surface area contributed by atoms with Crippen molar-refractivity contribution in [1.29, 1.82) is 0 Å². The van der Waals surface area contributed by atoms with Gasteiger partial charge in [-0.25, -0.2) is 4.98 Å². The fourth-order valence-corrected chi connectivity index (χ4v) is 4.21. The van der Waals surface area contributed by atoms with Gasteiger partial charge < -0.3 is 9.88 Å². The fraction of sp³-hybridized carbons (Fsp3) is 0.238. The van der Waals surface area contributed by atoms with Gasteiger partial charge in [0.15, 0.2) is 0 Å². The number of aromatic amines is 1. The smallest absolute Gasteiger partial charge is 0.255 e. The van der Waals surface area contributed by atoms with Gasteiger partial charge in [0.25, 0.3) is 5.91 Å². The highest BCUT2D eigenvalue weighted by Gasteiger charge is 2.22. The third-order valence-corrected chi connectivity index (χ3v) is 5.67. The summed E-state index contributed by atoms with van der Waals surface area (Å²) in [6, 6.07) is 12.0. The summed E-state index contributed by atoms with van der Waals surface area (Å²) in [7, 11) is 0. The van der Waals surface area contributed by atoms with E-state index in [9.17, 15) is 4.79 Å². The van der Waals surface area contributed by atoms with Crippen molar-refractivity contribution in [2.75, 3.05) is 18.8 Å². The number of aromatic nitrogens is 2. The zero-order valence-corrected chi connectivity index (χ0v) is 15.6. The van der Waals surface area contributed by atoms with Gasteiger partial charge in [-0.3, -0.25) is 4.79 Å². The van der Waals surface area contributed by atoms with Gasteiger partial charge in [0.2, 0.25) is 0 Å². The summed E-state index contributed by atoms with van der Waals surface area (Å²) in [5.74, 6) is 1.08. The summed E-state index contributed by atoms with van der Waals surface area (Å²) < 4.78 is 0. The number of carbonyl (C=O) groups excluding carboxylic acids is 1. The minimum Gasteiger partial charge on any atom is -0.346 e. The Kier molecular flexibility index (Phi) is 4.80. The SMILES string of the molecule is CCSc1ccccc1C(=O)N1CC=C(c2c[nH]c3ncccc23)CC1. The minimum atomic E-state index is 0.123. The molecule has 4 rings (SSSR count). The van der Waals surface area contributed by atoms with Crippen LogP contribution in [0.2, 0.25) is 0 Å². The predicted octanol–water partition coefficient (Wildman–Crippen LogP) is 4.60. The second-order valence-electron chi connectivity index (χ2n) is 6.26. The Balaban J connectivity index is 1.55. The molecule has 26 heavy (non-hydrogen) atoms.